The summed E-state index contributed by atoms with van der Waals surface area (Å²) < 4.78 is 26.2. The van der Waals surface area contributed by atoms with E-state index in [4.69, 9.17) is 8.92 Å². The zero-order valence-electron chi connectivity index (χ0n) is 19.7. The van der Waals surface area contributed by atoms with Crippen molar-refractivity contribution in [3.8, 4) is 5.75 Å². The molecule has 1 aromatic heterocycles. The van der Waals surface area contributed by atoms with Crippen LogP contribution in [0.1, 0.15) is 18.0 Å². The Morgan fingerprint density at radius 3 is 2.80 bits per heavy atom. The average Bonchev–Trinajstić information content (AvgIpc) is 3.30. The summed E-state index contributed by atoms with van der Waals surface area (Å²) in [6, 6.07) is 16.5. The summed E-state index contributed by atoms with van der Waals surface area (Å²) in [5.41, 5.74) is 2.15. The van der Waals surface area contributed by atoms with Crippen LogP contribution in [0.25, 0.3) is 10.9 Å². The normalized spacial score (nSPS) is 18.0. The molecular formula is C25H29N4O5S-. The predicted octanol–water partition coefficient (Wildman–Crippen LogP) is 3.22. The first-order chi connectivity index (χ1) is 16.9. The molecule has 0 saturated carbocycles. The predicted molar refractivity (Wildman–Crippen MR) is 133 cm³/mol. The molecule has 9 nitrogen and oxygen atoms in total. The van der Waals surface area contributed by atoms with Gasteiger partial charge in [-0.3, -0.25) is 14.7 Å². The van der Waals surface area contributed by atoms with Gasteiger partial charge < -0.3 is 27.5 Å². The van der Waals surface area contributed by atoms with Gasteiger partial charge in [-0.05, 0) is 36.2 Å². The first kappa shape index (κ1) is 25.1. The van der Waals surface area contributed by atoms with Gasteiger partial charge in [-0.2, -0.15) is 0 Å². The Kier molecular flexibility index (Phi) is 8.29. The van der Waals surface area contributed by atoms with Gasteiger partial charge in [0.1, 0.15) is 5.75 Å². The van der Waals surface area contributed by atoms with Gasteiger partial charge in [0.05, 0.1) is 17.7 Å². The van der Waals surface area contributed by atoms with Crippen LogP contribution in [0.15, 0.2) is 65.2 Å². The van der Waals surface area contributed by atoms with Crippen molar-refractivity contribution in [2.45, 2.75) is 18.6 Å². The number of nitrogens with zero attached hydrogens (tertiary/aromatic N) is 4. The van der Waals surface area contributed by atoms with Crippen LogP contribution in [0.4, 0.5) is 5.69 Å². The minimum absolute atomic E-state index is 0.160. The molecule has 1 aliphatic rings. The molecule has 1 aliphatic heterocycles. The number of likely N-dealkylation sites (N-methyl/N-ethyl adjacent to an activating group) is 1. The Bertz CT molecular complexity index is 1250. The second-order valence-corrected chi connectivity index (χ2v) is 9.36. The van der Waals surface area contributed by atoms with Crippen molar-refractivity contribution in [2.75, 3.05) is 40.4 Å². The summed E-state index contributed by atoms with van der Waals surface area (Å²) >= 11 is 0. The number of benzene rings is 2. The van der Waals surface area contributed by atoms with E-state index in [1.54, 1.807) is 42.4 Å². The van der Waals surface area contributed by atoms with Crippen LogP contribution in [-0.2, 0) is 24.1 Å². The molecule has 1 unspecified atom stereocenters. The fraction of sp³-hybridized carbons (Fsp3) is 0.360. The molecule has 1 amide bonds. The fourth-order valence-electron chi connectivity index (χ4n) is 4.18. The molecule has 0 bridgehead atoms. The number of aromatic nitrogens is 1. The Morgan fingerprint density at radius 2 is 2.09 bits per heavy atom. The van der Waals surface area contributed by atoms with Crippen molar-refractivity contribution < 1.29 is 23.0 Å². The molecule has 1 N–H and O–H groups in total. The Morgan fingerprint density at radius 1 is 1.29 bits per heavy atom. The Balaban J connectivity index is 1.51. The molecule has 10 heteroatoms. The third-order valence-electron chi connectivity index (χ3n) is 6.08. The molecule has 0 spiro atoms. The lowest BCUT2D eigenvalue weighted by Gasteiger charge is -2.32. The van der Waals surface area contributed by atoms with Gasteiger partial charge in [0.25, 0.3) is 5.91 Å². The number of carbonyl (C=O) groups excluding carboxylic acids is 1. The first-order valence-corrected chi connectivity index (χ1v) is 12.4. The van der Waals surface area contributed by atoms with Gasteiger partial charge in [-0.25, -0.2) is 0 Å². The average molecular weight is 498 g/mol. The number of aliphatic hydroxyl groups excluding tert-OH is 1. The zero-order chi connectivity index (χ0) is 24.8. The Labute approximate surface area is 206 Å². The summed E-state index contributed by atoms with van der Waals surface area (Å²) in [5.74, 6) is 0.306. The van der Waals surface area contributed by atoms with Gasteiger partial charge in [0, 0.05) is 51.1 Å². The summed E-state index contributed by atoms with van der Waals surface area (Å²) in [6.07, 6.45) is 2.03. The van der Waals surface area contributed by atoms with Crippen molar-refractivity contribution in [1.82, 2.24) is 14.8 Å². The monoisotopic (exact) mass is 497 g/mol. The third kappa shape index (κ3) is 6.34. The van der Waals surface area contributed by atoms with Crippen LogP contribution in [0.2, 0.25) is 0 Å². The maximum Gasteiger partial charge on any atom is 0.260 e. The van der Waals surface area contributed by atoms with Crippen molar-refractivity contribution in [2.24, 2.45) is 4.36 Å². The minimum atomic E-state index is -1.79. The summed E-state index contributed by atoms with van der Waals surface area (Å²) in [4.78, 5) is 21.4. The molecule has 35 heavy (non-hydrogen) atoms. The van der Waals surface area contributed by atoms with Crippen LogP contribution in [0, 0.1) is 0 Å². The molecule has 0 radical (unpaired) electrons. The topological polar surface area (TPSA) is 105 Å². The van der Waals surface area contributed by atoms with E-state index in [1.165, 1.54) is 7.11 Å². The lowest BCUT2D eigenvalue weighted by Crippen LogP contribution is -2.40. The van der Waals surface area contributed by atoms with Crippen molar-refractivity contribution in [3.05, 3.63) is 66.4 Å². The second-order valence-electron chi connectivity index (χ2n) is 8.41. The standard InChI is InChI=1S/C25H29N4O5S/c1-28(23(18-6-4-3-5-7-18)16-29-13-11-20(30)15-29)25(31)17-34-24-10-12-26-22-9-8-19(14-21(22)24)27-35(32)33-2/h3-10,12,14,20,23,30H,11,13,15-17H2,1-2H3/q-1/t20-,23?/m0/s1. The largest absolute Gasteiger partial charge is 0.483 e. The van der Waals surface area contributed by atoms with E-state index in [2.05, 4.69) is 14.2 Å². The molecule has 0 aliphatic carbocycles. The van der Waals surface area contributed by atoms with E-state index in [9.17, 15) is 14.1 Å². The lowest BCUT2D eigenvalue weighted by atomic mass is 10.0. The minimum Gasteiger partial charge on any atom is -0.483 e. The van der Waals surface area contributed by atoms with Crippen molar-refractivity contribution in [3.63, 3.8) is 0 Å². The number of pyridine rings is 1. The highest BCUT2D eigenvalue weighted by Gasteiger charge is 2.28. The van der Waals surface area contributed by atoms with Gasteiger partial charge in [-0.15, -0.1) is 0 Å². The van der Waals surface area contributed by atoms with Gasteiger partial charge in [0.2, 0.25) is 0 Å². The number of likely N-dealkylation sites (tertiary alicyclic amines) is 1. The van der Waals surface area contributed by atoms with E-state index in [0.717, 1.165) is 18.5 Å². The number of aliphatic hydroxyl groups is 1. The number of β-amino-alcohol motifs (C(OH)–C–C–N with tert-alkyl or cyclic N) is 1. The maximum atomic E-state index is 13.2. The molecule has 2 aromatic carbocycles. The van der Waals surface area contributed by atoms with Crippen LogP contribution in [0.3, 0.4) is 0 Å². The van der Waals surface area contributed by atoms with E-state index < -0.39 is 10.9 Å². The molecular weight excluding hydrogens is 468 g/mol. The highest BCUT2D eigenvalue weighted by Crippen LogP contribution is 2.29. The fourth-order valence-corrected chi connectivity index (χ4v) is 4.54. The van der Waals surface area contributed by atoms with Crippen LogP contribution in [0.5, 0.6) is 5.75 Å². The smallest absolute Gasteiger partial charge is 0.260 e. The summed E-state index contributed by atoms with van der Waals surface area (Å²) in [6.45, 7) is 1.87. The number of ether oxygens (including phenoxy) is 1. The number of hydrogen-bond donors (Lipinski definition) is 1. The van der Waals surface area contributed by atoms with E-state index in [1.807, 2.05) is 30.3 Å². The summed E-state index contributed by atoms with van der Waals surface area (Å²) in [5, 5.41) is 10.6. The Hall–Kier alpha value is -3.05. The molecule has 2 heterocycles. The molecule has 1 fully saturated rings. The second kappa shape index (κ2) is 11.6. The molecule has 3 aromatic rings. The maximum absolute atomic E-state index is 13.2. The molecule has 2 atom stereocenters. The van der Waals surface area contributed by atoms with Gasteiger partial charge >= 0.3 is 0 Å². The zero-order valence-corrected chi connectivity index (χ0v) is 20.6. The third-order valence-corrected chi connectivity index (χ3v) is 6.73. The lowest BCUT2D eigenvalue weighted by molar-refractivity contribution is -0.134. The molecule has 1 saturated heterocycles. The van der Waals surface area contributed by atoms with Gasteiger partial charge in [0.15, 0.2) is 6.61 Å². The highest BCUT2D eigenvalue weighted by molar-refractivity contribution is 7.69. The number of carbonyl (C=O) groups is 1. The van der Waals surface area contributed by atoms with Crippen LogP contribution < -0.4 is 4.74 Å². The van der Waals surface area contributed by atoms with E-state index in [0.29, 0.717) is 35.4 Å². The van der Waals surface area contributed by atoms with Crippen LogP contribution >= 0.6 is 0 Å². The number of rotatable bonds is 9. The van der Waals surface area contributed by atoms with Crippen molar-refractivity contribution in [1.29, 1.82) is 0 Å². The quantitative estimate of drug-likeness (QED) is 0.453. The molecule has 4 rings (SSSR count). The number of amides is 1. The van der Waals surface area contributed by atoms with Crippen LogP contribution in [-0.4, -0.2) is 72.3 Å². The van der Waals surface area contributed by atoms with E-state index in [-0.39, 0.29) is 24.7 Å². The highest BCUT2D eigenvalue weighted by atomic mass is 32.2. The number of fused-ring (bicyclic) bond motifs is 1. The number of hydrogen-bond acceptors (Lipinski definition) is 9. The van der Waals surface area contributed by atoms with Gasteiger partial charge in [-0.1, -0.05) is 41.2 Å². The summed E-state index contributed by atoms with van der Waals surface area (Å²) in [7, 11) is 1.30. The van der Waals surface area contributed by atoms with Crippen molar-refractivity contribution >= 4 is 33.4 Å². The van der Waals surface area contributed by atoms with E-state index >= 15 is 0 Å². The first-order valence-electron chi connectivity index (χ1n) is 11.4. The molecule has 186 valence electrons. The SMILES string of the molecule is CO[S-](=O)=Nc1ccc2nccc(OCC(=O)N(C)C(CN3CC[C@H](O)C3)c3ccccc3)c2c1.